The van der Waals surface area contributed by atoms with Gasteiger partial charge in [-0.15, -0.1) is 0 Å². The van der Waals surface area contributed by atoms with Gasteiger partial charge in [-0.1, -0.05) is 36.4 Å². The van der Waals surface area contributed by atoms with Gasteiger partial charge < -0.3 is 9.64 Å². The van der Waals surface area contributed by atoms with Crippen molar-refractivity contribution in [1.29, 1.82) is 5.26 Å². The highest BCUT2D eigenvalue weighted by Crippen LogP contribution is 2.38. The fraction of sp³-hybridized carbons (Fsp3) is 0.346. The quantitative estimate of drug-likeness (QED) is 0.558. The minimum Gasteiger partial charge on any atom is -0.373 e. The molecule has 3 aromatic carbocycles. The molecule has 3 nitrogen and oxygen atoms in total. The largest absolute Gasteiger partial charge is 0.373 e. The van der Waals surface area contributed by atoms with Gasteiger partial charge in [-0.2, -0.15) is 5.26 Å². The summed E-state index contributed by atoms with van der Waals surface area (Å²) in [6, 6.07) is 21.1. The molecule has 0 aliphatic carbocycles. The molecule has 154 valence electrons. The SMILES string of the molecule is CC(OCC1(c2ccc(F)cc2)CCN(C)CC1)c1cc(C#N)cc2ccccc12. The van der Waals surface area contributed by atoms with Crippen molar-refractivity contribution in [2.45, 2.75) is 31.3 Å². The number of rotatable bonds is 5. The molecular formula is C26H27FN2O. The Morgan fingerprint density at radius 1 is 1.10 bits per heavy atom. The van der Waals surface area contributed by atoms with Gasteiger partial charge in [-0.25, -0.2) is 4.39 Å². The van der Waals surface area contributed by atoms with E-state index in [1.807, 2.05) is 42.5 Å². The Kier molecular flexibility index (Phi) is 5.85. The Morgan fingerprint density at radius 3 is 2.50 bits per heavy atom. The molecule has 0 bridgehead atoms. The minimum absolute atomic E-state index is 0.128. The van der Waals surface area contributed by atoms with Crippen molar-refractivity contribution < 1.29 is 9.13 Å². The monoisotopic (exact) mass is 402 g/mol. The number of nitrogens with zero attached hydrogens (tertiary/aromatic N) is 2. The van der Waals surface area contributed by atoms with E-state index in [1.165, 1.54) is 0 Å². The Bertz CT molecular complexity index is 1060. The van der Waals surface area contributed by atoms with Crippen LogP contribution in [0.4, 0.5) is 4.39 Å². The second-order valence-corrected chi connectivity index (χ2v) is 8.44. The smallest absolute Gasteiger partial charge is 0.123 e. The summed E-state index contributed by atoms with van der Waals surface area (Å²) in [5, 5.41) is 11.6. The van der Waals surface area contributed by atoms with Crippen LogP contribution in [-0.4, -0.2) is 31.6 Å². The molecule has 1 saturated heterocycles. The first-order chi connectivity index (χ1) is 14.5. The molecule has 3 aromatic rings. The van der Waals surface area contributed by atoms with Crippen LogP contribution in [0.25, 0.3) is 10.8 Å². The fourth-order valence-corrected chi connectivity index (χ4v) is 4.48. The van der Waals surface area contributed by atoms with Gasteiger partial charge in [0.05, 0.1) is 24.3 Å². The van der Waals surface area contributed by atoms with Gasteiger partial charge in [0, 0.05) is 5.41 Å². The number of fused-ring (bicyclic) bond motifs is 1. The summed E-state index contributed by atoms with van der Waals surface area (Å²) in [6.07, 6.45) is 1.79. The van der Waals surface area contributed by atoms with Crippen LogP contribution in [-0.2, 0) is 10.2 Å². The van der Waals surface area contributed by atoms with Gasteiger partial charge in [0.15, 0.2) is 0 Å². The number of benzene rings is 3. The minimum atomic E-state index is -0.212. The van der Waals surface area contributed by atoms with Crippen molar-refractivity contribution in [1.82, 2.24) is 4.90 Å². The Balaban J connectivity index is 1.62. The molecule has 1 aliphatic rings. The van der Waals surface area contributed by atoms with Crippen molar-refractivity contribution in [2.24, 2.45) is 0 Å². The van der Waals surface area contributed by atoms with Crippen LogP contribution < -0.4 is 0 Å². The molecule has 0 amide bonds. The van der Waals surface area contributed by atoms with Gasteiger partial charge in [0.25, 0.3) is 0 Å². The molecule has 0 N–H and O–H groups in total. The molecule has 30 heavy (non-hydrogen) atoms. The first-order valence-electron chi connectivity index (χ1n) is 10.5. The van der Waals surface area contributed by atoms with Crippen LogP contribution in [0, 0.1) is 17.1 Å². The van der Waals surface area contributed by atoms with E-state index < -0.39 is 0 Å². The van der Waals surface area contributed by atoms with Crippen LogP contribution >= 0.6 is 0 Å². The number of hydrogen-bond acceptors (Lipinski definition) is 3. The summed E-state index contributed by atoms with van der Waals surface area (Å²) in [7, 11) is 2.14. The van der Waals surface area contributed by atoms with Gasteiger partial charge in [-0.05, 0) is 86.1 Å². The maximum absolute atomic E-state index is 13.5. The lowest BCUT2D eigenvalue weighted by atomic mass is 9.73. The number of piperidine rings is 1. The van der Waals surface area contributed by atoms with Crippen molar-refractivity contribution in [2.75, 3.05) is 26.7 Å². The van der Waals surface area contributed by atoms with E-state index in [0.29, 0.717) is 12.2 Å². The third kappa shape index (κ3) is 4.09. The highest BCUT2D eigenvalue weighted by atomic mass is 19.1. The van der Waals surface area contributed by atoms with Gasteiger partial charge in [0.1, 0.15) is 5.82 Å². The van der Waals surface area contributed by atoms with E-state index in [9.17, 15) is 9.65 Å². The summed E-state index contributed by atoms with van der Waals surface area (Å²) in [5.41, 5.74) is 2.69. The van der Waals surface area contributed by atoms with Crippen molar-refractivity contribution in [3.05, 3.63) is 83.2 Å². The maximum Gasteiger partial charge on any atom is 0.123 e. The zero-order chi connectivity index (χ0) is 21.1. The summed E-state index contributed by atoms with van der Waals surface area (Å²) >= 11 is 0. The van der Waals surface area contributed by atoms with Crippen LogP contribution in [0.1, 0.15) is 42.6 Å². The first kappa shape index (κ1) is 20.5. The molecule has 1 aliphatic heterocycles. The van der Waals surface area contributed by atoms with E-state index in [1.54, 1.807) is 12.1 Å². The number of halogens is 1. The zero-order valence-electron chi connectivity index (χ0n) is 17.6. The second kappa shape index (κ2) is 8.55. The highest BCUT2D eigenvalue weighted by molar-refractivity contribution is 5.87. The van der Waals surface area contributed by atoms with Gasteiger partial charge in [0.2, 0.25) is 0 Å². The topological polar surface area (TPSA) is 36.3 Å². The molecule has 4 heteroatoms. The third-order valence-corrected chi connectivity index (χ3v) is 6.47. The van der Waals surface area contributed by atoms with Gasteiger partial charge in [-0.3, -0.25) is 0 Å². The Labute approximate surface area is 177 Å². The predicted octanol–water partition coefficient (Wildman–Crippen LogP) is 5.59. The lowest BCUT2D eigenvalue weighted by molar-refractivity contribution is 0.00703. The third-order valence-electron chi connectivity index (χ3n) is 6.47. The van der Waals surface area contributed by atoms with Crippen molar-refractivity contribution >= 4 is 10.8 Å². The first-order valence-corrected chi connectivity index (χ1v) is 10.5. The maximum atomic E-state index is 13.5. The molecule has 0 saturated carbocycles. The van der Waals surface area contributed by atoms with Crippen LogP contribution in [0.2, 0.25) is 0 Å². The normalized spacial score (nSPS) is 17.5. The average Bonchev–Trinajstić information content (AvgIpc) is 2.78. The molecular weight excluding hydrogens is 375 g/mol. The molecule has 1 fully saturated rings. The van der Waals surface area contributed by atoms with Crippen molar-refractivity contribution in [3.8, 4) is 6.07 Å². The molecule has 1 unspecified atom stereocenters. The Hall–Kier alpha value is -2.74. The summed E-state index contributed by atoms with van der Waals surface area (Å²) < 4.78 is 20.0. The standard InChI is InChI=1S/C26H27FN2O/c1-19(25-16-20(17-28)15-21-5-3-4-6-24(21)25)30-18-26(11-13-29(2)14-12-26)22-7-9-23(27)10-8-22/h3-10,15-16,19H,11-14,18H2,1-2H3. The van der Waals surface area contributed by atoms with E-state index in [0.717, 1.165) is 47.8 Å². The molecule has 0 aromatic heterocycles. The molecule has 0 spiro atoms. The lowest BCUT2D eigenvalue weighted by Gasteiger charge is -2.41. The Morgan fingerprint density at radius 2 is 1.80 bits per heavy atom. The zero-order valence-corrected chi connectivity index (χ0v) is 17.6. The summed E-state index contributed by atoms with van der Waals surface area (Å²) in [6.45, 7) is 4.60. The summed E-state index contributed by atoms with van der Waals surface area (Å²) in [5.74, 6) is -0.212. The van der Waals surface area contributed by atoms with Crippen molar-refractivity contribution in [3.63, 3.8) is 0 Å². The van der Waals surface area contributed by atoms with E-state index in [2.05, 4.69) is 31.0 Å². The van der Waals surface area contributed by atoms with E-state index in [4.69, 9.17) is 4.74 Å². The van der Waals surface area contributed by atoms with Gasteiger partial charge >= 0.3 is 0 Å². The molecule has 0 radical (unpaired) electrons. The predicted molar refractivity (Wildman–Crippen MR) is 118 cm³/mol. The molecule has 4 rings (SSSR count). The number of likely N-dealkylation sites (tertiary alicyclic amines) is 1. The number of ether oxygens (including phenoxy) is 1. The van der Waals surface area contributed by atoms with Crippen LogP contribution in [0.5, 0.6) is 0 Å². The van der Waals surface area contributed by atoms with E-state index >= 15 is 0 Å². The lowest BCUT2D eigenvalue weighted by Crippen LogP contribution is -2.44. The second-order valence-electron chi connectivity index (χ2n) is 8.44. The van der Waals surface area contributed by atoms with Crippen LogP contribution in [0.15, 0.2) is 60.7 Å². The average molecular weight is 403 g/mol. The highest BCUT2D eigenvalue weighted by Gasteiger charge is 2.36. The molecule has 1 heterocycles. The number of hydrogen-bond donors (Lipinski definition) is 0. The fourth-order valence-electron chi connectivity index (χ4n) is 4.48. The van der Waals surface area contributed by atoms with Crippen LogP contribution in [0.3, 0.4) is 0 Å². The summed E-state index contributed by atoms with van der Waals surface area (Å²) in [4.78, 5) is 2.33. The number of nitriles is 1. The van der Waals surface area contributed by atoms with E-state index in [-0.39, 0.29) is 17.3 Å². The molecule has 1 atom stereocenters.